The lowest BCUT2D eigenvalue weighted by Gasteiger charge is -2.24. The highest BCUT2D eigenvalue weighted by molar-refractivity contribution is 5.89. The number of hydroxylamine groups is 2. The maximum atomic E-state index is 12.5. The summed E-state index contributed by atoms with van der Waals surface area (Å²) < 4.78 is 0. The largest absolute Gasteiger partial charge is 0.626 e. The van der Waals surface area contributed by atoms with Crippen LogP contribution >= 0.6 is 0 Å². The number of quaternary nitrogens is 1. The molecule has 3 aromatic carbocycles. The molecule has 2 N–H and O–H groups in total. The molecule has 0 bridgehead atoms. The first kappa shape index (κ1) is 19.5. The van der Waals surface area contributed by atoms with E-state index in [-0.39, 0.29) is 6.54 Å². The van der Waals surface area contributed by atoms with E-state index in [9.17, 15) is 19.9 Å². The second kappa shape index (κ2) is 8.61. The number of rotatable bonds is 6. The monoisotopic (exact) mass is 375 g/mol. The minimum absolute atomic E-state index is 0.316. The highest BCUT2D eigenvalue weighted by Gasteiger charge is 2.27. The van der Waals surface area contributed by atoms with Gasteiger partial charge in [0.15, 0.2) is 0 Å². The van der Waals surface area contributed by atoms with E-state index in [2.05, 4.69) is 0 Å². The van der Waals surface area contributed by atoms with E-state index in [1.807, 2.05) is 42.5 Å². The van der Waals surface area contributed by atoms with E-state index in [1.54, 1.807) is 43.3 Å². The molecular formula is C23H21NO4. The number of carbonyl (C=O) groups excluding carboxylic acids is 1. The van der Waals surface area contributed by atoms with Crippen LogP contribution < -0.4 is 5.06 Å². The third-order valence-corrected chi connectivity index (χ3v) is 4.75. The van der Waals surface area contributed by atoms with Gasteiger partial charge in [-0.15, -0.1) is 0 Å². The average molecular weight is 375 g/mol. The molecule has 2 atom stereocenters. The summed E-state index contributed by atoms with van der Waals surface area (Å²) in [4.78, 5) is 24.2. The lowest BCUT2D eigenvalue weighted by molar-refractivity contribution is -0.758. The Labute approximate surface area is 163 Å². The minimum Gasteiger partial charge on any atom is -0.626 e. The molecule has 0 saturated heterocycles. The van der Waals surface area contributed by atoms with Crippen LogP contribution in [0.1, 0.15) is 27.4 Å². The maximum Gasteiger partial charge on any atom is 0.344 e. The Morgan fingerprint density at radius 2 is 1.46 bits per heavy atom. The van der Waals surface area contributed by atoms with Gasteiger partial charge in [0.25, 0.3) is 0 Å². The molecule has 0 aliphatic carbocycles. The van der Waals surface area contributed by atoms with Crippen molar-refractivity contribution < 1.29 is 19.8 Å². The molecule has 0 aliphatic rings. The number of carboxylic acid groups (broad SMARTS) is 1. The van der Waals surface area contributed by atoms with Gasteiger partial charge in [-0.1, -0.05) is 72.8 Å². The number of aryl methyl sites for hydroxylation is 1. The summed E-state index contributed by atoms with van der Waals surface area (Å²) in [5.74, 6) is -2.84. The van der Waals surface area contributed by atoms with Crippen LogP contribution in [-0.4, -0.2) is 23.5 Å². The number of benzene rings is 3. The van der Waals surface area contributed by atoms with Crippen LogP contribution in [0.4, 0.5) is 0 Å². The highest BCUT2D eigenvalue weighted by atomic mass is 16.5. The van der Waals surface area contributed by atoms with E-state index >= 15 is 0 Å². The van der Waals surface area contributed by atoms with Crippen LogP contribution in [0.2, 0.25) is 0 Å². The molecule has 0 spiro atoms. The van der Waals surface area contributed by atoms with Gasteiger partial charge in [-0.05, 0) is 35.2 Å². The predicted molar refractivity (Wildman–Crippen MR) is 107 cm³/mol. The van der Waals surface area contributed by atoms with Crippen molar-refractivity contribution in [3.05, 3.63) is 101 Å². The van der Waals surface area contributed by atoms with Crippen LogP contribution in [0.3, 0.4) is 0 Å². The van der Waals surface area contributed by atoms with Crippen molar-refractivity contribution in [2.45, 2.75) is 12.8 Å². The van der Waals surface area contributed by atoms with Crippen molar-refractivity contribution in [2.75, 3.05) is 6.54 Å². The van der Waals surface area contributed by atoms with E-state index < -0.39 is 22.9 Å². The summed E-state index contributed by atoms with van der Waals surface area (Å²) in [5, 5.41) is 21.4. The standard InChI is InChI=1S/C23H21NO4/c1-16-7-5-6-10-20(16)22(25)24(28)15-21(23(26)27)19-13-11-18(12-14-19)17-8-3-2-4-9-17/h2-14,21,24H,15H2,1H3,(H,26,27)/t21-/m1/s1. The second-order valence-corrected chi connectivity index (χ2v) is 6.65. The molecule has 0 aromatic heterocycles. The van der Waals surface area contributed by atoms with Crippen LogP contribution in [0.25, 0.3) is 11.1 Å². The second-order valence-electron chi connectivity index (χ2n) is 6.65. The first-order chi connectivity index (χ1) is 13.5. The van der Waals surface area contributed by atoms with Gasteiger partial charge in [-0.3, -0.25) is 4.79 Å². The zero-order valence-corrected chi connectivity index (χ0v) is 15.5. The van der Waals surface area contributed by atoms with Crippen LogP contribution in [0.15, 0.2) is 78.9 Å². The number of hydrogen-bond acceptors (Lipinski definition) is 3. The molecular weight excluding hydrogens is 354 g/mol. The molecule has 1 amide bonds. The van der Waals surface area contributed by atoms with Crippen molar-refractivity contribution in [1.29, 1.82) is 0 Å². The highest BCUT2D eigenvalue weighted by Crippen LogP contribution is 2.22. The Hall–Kier alpha value is -3.28. The van der Waals surface area contributed by atoms with Gasteiger partial charge in [-0.2, -0.15) is 0 Å². The van der Waals surface area contributed by atoms with Crippen LogP contribution in [0.5, 0.6) is 0 Å². The molecule has 0 fully saturated rings. The van der Waals surface area contributed by atoms with Gasteiger partial charge in [0, 0.05) is 0 Å². The molecule has 0 radical (unpaired) electrons. The van der Waals surface area contributed by atoms with Crippen LogP contribution in [-0.2, 0) is 4.79 Å². The predicted octanol–water partition coefficient (Wildman–Crippen LogP) is 3.05. The van der Waals surface area contributed by atoms with Gasteiger partial charge in [0.1, 0.15) is 12.5 Å². The van der Waals surface area contributed by atoms with Gasteiger partial charge in [0.2, 0.25) is 0 Å². The number of carboxylic acids is 1. The molecule has 5 nitrogen and oxygen atoms in total. The summed E-state index contributed by atoms with van der Waals surface area (Å²) in [6.07, 6.45) is 0. The molecule has 0 aliphatic heterocycles. The molecule has 3 rings (SSSR count). The Bertz CT molecular complexity index is 967. The lowest BCUT2D eigenvalue weighted by Crippen LogP contribution is -3.10. The fourth-order valence-electron chi connectivity index (χ4n) is 3.14. The summed E-state index contributed by atoms with van der Waals surface area (Å²) in [6, 6.07) is 23.6. The van der Waals surface area contributed by atoms with Gasteiger partial charge in [0.05, 0.1) is 5.56 Å². The van der Waals surface area contributed by atoms with Crippen molar-refractivity contribution in [1.82, 2.24) is 0 Å². The van der Waals surface area contributed by atoms with Crippen molar-refractivity contribution in [2.24, 2.45) is 0 Å². The van der Waals surface area contributed by atoms with E-state index in [0.29, 0.717) is 16.7 Å². The van der Waals surface area contributed by atoms with Gasteiger partial charge in [-0.25, -0.2) is 4.79 Å². The topological polar surface area (TPSA) is 81.9 Å². The SMILES string of the molecule is Cc1ccccc1C(=O)[NH+]([O-])C[C@@H](C(=O)O)c1ccc(-c2ccccc2)cc1. The summed E-state index contributed by atoms with van der Waals surface area (Å²) in [6.45, 7) is 1.38. The van der Waals surface area contributed by atoms with Crippen LogP contribution in [0, 0.1) is 12.1 Å². The van der Waals surface area contributed by atoms with Gasteiger partial charge < -0.3 is 15.4 Å². The fourth-order valence-corrected chi connectivity index (χ4v) is 3.14. The summed E-state index contributed by atoms with van der Waals surface area (Å²) in [5.41, 5.74) is 3.48. The molecule has 28 heavy (non-hydrogen) atoms. The quantitative estimate of drug-likeness (QED) is 0.649. The van der Waals surface area contributed by atoms with Gasteiger partial charge >= 0.3 is 11.9 Å². The Balaban J connectivity index is 1.79. The first-order valence-electron chi connectivity index (χ1n) is 8.98. The number of amides is 1. The fraction of sp³-hybridized carbons (Fsp3) is 0.130. The summed E-state index contributed by atoms with van der Waals surface area (Å²) >= 11 is 0. The minimum atomic E-state index is -1.13. The third kappa shape index (κ3) is 4.34. The molecule has 3 aromatic rings. The first-order valence-corrected chi connectivity index (χ1v) is 8.98. The van der Waals surface area contributed by atoms with Crippen molar-refractivity contribution in [3.63, 3.8) is 0 Å². The smallest absolute Gasteiger partial charge is 0.344 e. The number of aliphatic carboxylic acids is 1. The van der Waals surface area contributed by atoms with E-state index in [0.717, 1.165) is 11.1 Å². The zero-order valence-electron chi connectivity index (χ0n) is 15.5. The summed E-state index contributed by atoms with van der Waals surface area (Å²) in [7, 11) is 0. The number of hydrogen-bond donors (Lipinski definition) is 2. The van der Waals surface area contributed by atoms with Crippen molar-refractivity contribution >= 4 is 11.9 Å². The molecule has 5 heteroatoms. The molecule has 0 saturated carbocycles. The maximum absolute atomic E-state index is 12.5. The van der Waals surface area contributed by atoms with E-state index in [4.69, 9.17) is 0 Å². The lowest BCUT2D eigenvalue weighted by atomic mass is 9.96. The molecule has 142 valence electrons. The van der Waals surface area contributed by atoms with E-state index in [1.165, 1.54) is 0 Å². The Morgan fingerprint density at radius 1 is 0.893 bits per heavy atom. The van der Waals surface area contributed by atoms with Crippen molar-refractivity contribution in [3.8, 4) is 11.1 Å². The molecule has 0 heterocycles. The number of carbonyl (C=O) groups is 2. The average Bonchev–Trinajstić information content (AvgIpc) is 2.72. The Kier molecular flexibility index (Phi) is 5.99. The Morgan fingerprint density at radius 3 is 2.07 bits per heavy atom. The normalized spacial score (nSPS) is 12.9. The number of nitrogens with one attached hydrogen (secondary N) is 1. The molecule has 1 unspecified atom stereocenters. The zero-order chi connectivity index (χ0) is 20.1. The third-order valence-electron chi connectivity index (χ3n) is 4.75.